The number of pyridine rings is 1. The molecule has 1 fully saturated rings. The van der Waals surface area contributed by atoms with Crippen LogP contribution in [0.2, 0.25) is 0 Å². The Morgan fingerprint density at radius 3 is 2.73 bits per heavy atom. The molecule has 1 saturated heterocycles. The third-order valence-corrected chi connectivity index (χ3v) is 5.06. The Labute approximate surface area is 169 Å². The van der Waals surface area contributed by atoms with Crippen molar-refractivity contribution in [1.82, 2.24) is 14.8 Å². The summed E-state index contributed by atoms with van der Waals surface area (Å²) in [5.41, 5.74) is -1.01. The number of carbonyl (C=O) groups excluding carboxylic acids is 1. The molecule has 3 aromatic rings. The average Bonchev–Trinajstić information content (AvgIpc) is 3.16. The molecule has 4 rings (SSSR count). The molecule has 7 nitrogen and oxygen atoms in total. The fourth-order valence-electron chi connectivity index (χ4n) is 3.49. The molecule has 1 N–H and O–H groups in total. The van der Waals surface area contributed by atoms with Gasteiger partial charge in [0.2, 0.25) is 5.91 Å². The Morgan fingerprint density at radius 2 is 2.03 bits per heavy atom. The normalized spacial score (nSPS) is 14.2. The first-order valence-electron chi connectivity index (χ1n) is 9.33. The number of anilines is 2. The van der Waals surface area contributed by atoms with Crippen LogP contribution in [0.4, 0.5) is 24.8 Å². The molecule has 1 aliphatic rings. The van der Waals surface area contributed by atoms with Crippen molar-refractivity contribution in [2.45, 2.75) is 25.8 Å². The number of nitrogens with zero attached hydrogens (tertiary/aromatic N) is 4. The van der Waals surface area contributed by atoms with E-state index in [1.165, 1.54) is 30.3 Å². The van der Waals surface area contributed by atoms with Crippen LogP contribution in [-0.2, 0) is 18.4 Å². The molecule has 0 unspecified atom stereocenters. The van der Waals surface area contributed by atoms with Gasteiger partial charge in [0.1, 0.15) is 11.6 Å². The maximum absolute atomic E-state index is 14.3. The summed E-state index contributed by atoms with van der Waals surface area (Å²) in [6.07, 6.45) is -0.394. The van der Waals surface area contributed by atoms with Crippen molar-refractivity contribution in [1.29, 1.82) is 0 Å². The molecule has 3 heterocycles. The highest BCUT2D eigenvalue weighted by Crippen LogP contribution is 2.27. The predicted molar refractivity (Wildman–Crippen MR) is 105 cm³/mol. The van der Waals surface area contributed by atoms with Crippen molar-refractivity contribution in [2.24, 2.45) is 7.05 Å². The summed E-state index contributed by atoms with van der Waals surface area (Å²) in [4.78, 5) is 30.2. The van der Waals surface area contributed by atoms with Crippen LogP contribution in [0.3, 0.4) is 0 Å². The Balaban J connectivity index is 1.73. The number of rotatable bonds is 5. The second-order valence-corrected chi connectivity index (χ2v) is 6.99. The van der Waals surface area contributed by atoms with Gasteiger partial charge in [-0.25, -0.2) is 22.8 Å². The van der Waals surface area contributed by atoms with Crippen LogP contribution >= 0.6 is 0 Å². The minimum atomic E-state index is -2.92. The highest BCUT2D eigenvalue weighted by Gasteiger charge is 2.24. The van der Waals surface area contributed by atoms with Gasteiger partial charge in [0.15, 0.2) is 5.82 Å². The number of hydrogen-bond donors (Lipinski definition) is 1. The van der Waals surface area contributed by atoms with Gasteiger partial charge in [0, 0.05) is 43.7 Å². The third kappa shape index (κ3) is 3.49. The van der Waals surface area contributed by atoms with Gasteiger partial charge in [0.05, 0.1) is 10.9 Å². The summed E-state index contributed by atoms with van der Waals surface area (Å²) >= 11 is 0. The summed E-state index contributed by atoms with van der Waals surface area (Å²) in [5, 5.41) is 7.78. The SMILES string of the molecule is Cn1nc(NCc2cccc(C(F)F)c2F)c2cc(N3CCCC3=O)ncc2c1=O. The zero-order chi connectivity index (χ0) is 21.4. The molecule has 1 aromatic carbocycles. The maximum atomic E-state index is 14.3. The van der Waals surface area contributed by atoms with E-state index in [0.717, 1.165) is 17.2 Å². The van der Waals surface area contributed by atoms with Gasteiger partial charge >= 0.3 is 0 Å². The Kier molecular flexibility index (Phi) is 5.15. The van der Waals surface area contributed by atoms with Crippen LogP contribution in [-0.4, -0.2) is 27.2 Å². The van der Waals surface area contributed by atoms with Gasteiger partial charge in [-0.2, -0.15) is 5.10 Å². The molecule has 0 aliphatic carbocycles. The lowest BCUT2D eigenvalue weighted by atomic mass is 10.1. The molecular weight excluding hydrogens is 399 g/mol. The van der Waals surface area contributed by atoms with E-state index in [2.05, 4.69) is 15.4 Å². The van der Waals surface area contributed by atoms with Crippen molar-refractivity contribution in [3.8, 4) is 0 Å². The number of benzene rings is 1. The van der Waals surface area contributed by atoms with Crippen LogP contribution in [0.25, 0.3) is 10.8 Å². The van der Waals surface area contributed by atoms with E-state index in [0.29, 0.717) is 24.2 Å². The average molecular weight is 417 g/mol. The molecule has 0 bridgehead atoms. The van der Waals surface area contributed by atoms with Crippen molar-refractivity contribution in [3.63, 3.8) is 0 Å². The van der Waals surface area contributed by atoms with E-state index >= 15 is 0 Å². The van der Waals surface area contributed by atoms with E-state index in [-0.39, 0.29) is 34.8 Å². The minimum absolute atomic E-state index is 0.0422. The first-order chi connectivity index (χ1) is 14.4. The topological polar surface area (TPSA) is 80.1 Å². The monoisotopic (exact) mass is 417 g/mol. The standard InChI is InChI=1S/C20H18F3N5O2/c1-27-20(30)14-10-24-15(28-7-3-6-16(28)29)8-13(14)19(26-27)25-9-11-4-2-5-12(17(11)21)18(22)23/h2,4-5,8,10,18H,3,6-7,9H2,1H3,(H,25,26). The minimum Gasteiger partial charge on any atom is -0.364 e. The fraction of sp³-hybridized carbons (Fsp3) is 0.300. The van der Waals surface area contributed by atoms with Crippen LogP contribution < -0.4 is 15.8 Å². The molecule has 2 aromatic heterocycles. The maximum Gasteiger partial charge on any atom is 0.276 e. The van der Waals surface area contributed by atoms with E-state index < -0.39 is 17.8 Å². The van der Waals surface area contributed by atoms with E-state index in [1.54, 1.807) is 6.07 Å². The zero-order valence-electron chi connectivity index (χ0n) is 16.0. The number of aromatic nitrogens is 3. The van der Waals surface area contributed by atoms with Crippen molar-refractivity contribution < 1.29 is 18.0 Å². The van der Waals surface area contributed by atoms with E-state index in [4.69, 9.17) is 0 Å². The van der Waals surface area contributed by atoms with E-state index in [1.807, 2.05) is 0 Å². The summed E-state index contributed by atoms with van der Waals surface area (Å²) in [6, 6.07) is 5.37. The number of halogens is 3. The summed E-state index contributed by atoms with van der Waals surface area (Å²) in [6.45, 7) is 0.414. The molecule has 10 heteroatoms. The highest BCUT2D eigenvalue weighted by atomic mass is 19.3. The van der Waals surface area contributed by atoms with Gasteiger partial charge in [-0.1, -0.05) is 18.2 Å². The van der Waals surface area contributed by atoms with Crippen molar-refractivity contribution in [2.75, 3.05) is 16.8 Å². The first kappa shape index (κ1) is 19.9. The van der Waals surface area contributed by atoms with E-state index in [9.17, 15) is 22.8 Å². The van der Waals surface area contributed by atoms with Crippen LogP contribution in [0, 0.1) is 5.82 Å². The number of nitrogens with one attached hydrogen (secondary N) is 1. The molecule has 156 valence electrons. The molecule has 1 amide bonds. The predicted octanol–water partition coefficient (Wildman–Crippen LogP) is 3.14. The summed E-state index contributed by atoms with van der Waals surface area (Å²) in [7, 11) is 1.46. The van der Waals surface area contributed by atoms with Crippen molar-refractivity contribution in [3.05, 3.63) is 57.8 Å². The molecule has 1 aliphatic heterocycles. The fourth-order valence-corrected chi connectivity index (χ4v) is 3.49. The number of amides is 1. The largest absolute Gasteiger partial charge is 0.364 e. The van der Waals surface area contributed by atoms with Crippen LogP contribution in [0.15, 0.2) is 35.3 Å². The number of fused-ring (bicyclic) bond motifs is 1. The Bertz CT molecular complexity index is 1200. The van der Waals surface area contributed by atoms with Crippen LogP contribution in [0.1, 0.15) is 30.4 Å². The third-order valence-electron chi connectivity index (χ3n) is 5.06. The molecule has 0 saturated carbocycles. The summed E-state index contributed by atoms with van der Waals surface area (Å²) < 4.78 is 41.4. The molecule has 0 atom stereocenters. The van der Waals surface area contributed by atoms with Gasteiger partial charge < -0.3 is 5.32 Å². The second-order valence-electron chi connectivity index (χ2n) is 6.99. The second kappa shape index (κ2) is 7.77. The van der Waals surface area contributed by atoms with Gasteiger partial charge in [-0.15, -0.1) is 0 Å². The Hall–Kier alpha value is -3.43. The smallest absolute Gasteiger partial charge is 0.276 e. The van der Waals surface area contributed by atoms with Gasteiger partial charge in [0.25, 0.3) is 12.0 Å². The Morgan fingerprint density at radius 1 is 1.23 bits per heavy atom. The molecule has 0 spiro atoms. The summed E-state index contributed by atoms with van der Waals surface area (Å²) in [5.74, 6) is -0.392. The number of aryl methyl sites for hydroxylation is 1. The highest BCUT2D eigenvalue weighted by molar-refractivity contribution is 5.98. The lowest BCUT2D eigenvalue weighted by Crippen LogP contribution is -2.26. The first-order valence-corrected chi connectivity index (χ1v) is 9.33. The molecular formula is C20H18F3N5O2. The lowest BCUT2D eigenvalue weighted by Gasteiger charge is -2.16. The van der Waals surface area contributed by atoms with Crippen LogP contribution in [0.5, 0.6) is 0 Å². The van der Waals surface area contributed by atoms with Gasteiger partial charge in [-0.05, 0) is 12.5 Å². The quantitative estimate of drug-likeness (QED) is 0.690. The lowest BCUT2D eigenvalue weighted by molar-refractivity contribution is -0.117. The molecule has 30 heavy (non-hydrogen) atoms. The molecule has 0 radical (unpaired) electrons. The van der Waals surface area contributed by atoms with Gasteiger partial charge in [-0.3, -0.25) is 14.5 Å². The number of carbonyl (C=O) groups is 1. The number of hydrogen-bond acceptors (Lipinski definition) is 5. The zero-order valence-corrected chi connectivity index (χ0v) is 16.0. The number of alkyl halides is 2. The van der Waals surface area contributed by atoms with Crippen molar-refractivity contribution >= 4 is 28.3 Å².